The van der Waals surface area contributed by atoms with Crippen LogP contribution in [0.1, 0.15) is 0 Å². The monoisotopic (exact) mass is 1250 g/mol. The number of anilines is 6. The molecule has 0 N–H and O–H groups in total. The fraction of sp³-hybridized carbons (Fsp3) is 0. The van der Waals surface area contributed by atoms with Crippen molar-refractivity contribution in [1.82, 2.24) is 4.57 Å². The van der Waals surface area contributed by atoms with Gasteiger partial charge >= 0.3 is 0 Å². The van der Waals surface area contributed by atoms with Gasteiger partial charge in [-0.3, -0.25) is 0 Å². The second kappa shape index (κ2) is 23.6. The minimum Gasteiger partial charge on any atom is -0.311 e. The van der Waals surface area contributed by atoms with Crippen molar-refractivity contribution in [2.24, 2.45) is 0 Å². The molecule has 0 aliphatic carbocycles. The quantitative estimate of drug-likeness (QED) is 0.0842. The van der Waals surface area contributed by atoms with E-state index in [0.717, 1.165) is 45.3 Å². The third-order valence-electron chi connectivity index (χ3n) is 20.4. The molecule has 0 saturated heterocycles. The van der Waals surface area contributed by atoms with Crippen LogP contribution in [0.25, 0.3) is 49.7 Å². The maximum Gasteiger partial charge on any atom is 0.252 e. The van der Waals surface area contributed by atoms with Crippen LogP contribution < -0.4 is 67.7 Å². The fourth-order valence-corrected chi connectivity index (χ4v) is 26.0. The molecule has 2 aliphatic rings. The minimum absolute atomic E-state index is 0.105. The molecule has 3 nitrogen and oxygen atoms in total. The summed E-state index contributed by atoms with van der Waals surface area (Å²) in [6.07, 6.45) is 0. The van der Waals surface area contributed by atoms with Gasteiger partial charge in [-0.2, -0.15) is 0 Å². The van der Waals surface area contributed by atoms with Gasteiger partial charge in [0.2, 0.25) is 0 Å². The van der Waals surface area contributed by atoms with Crippen LogP contribution in [0.3, 0.4) is 0 Å². The van der Waals surface area contributed by atoms with Gasteiger partial charge in [-0.15, -0.1) is 0 Å². The molecule has 0 saturated carbocycles. The van der Waals surface area contributed by atoms with Gasteiger partial charge in [0.15, 0.2) is 16.1 Å². The van der Waals surface area contributed by atoms with Crippen molar-refractivity contribution in [2.45, 2.75) is 0 Å². The Balaban J connectivity index is 0.901. The van der Waals surface area contributed by atoms with E-state index in [1.54, 1.807) is 0 Å². The Hall–Kier alpha value is -11.8. The van der Waals surface area contributed by atoms with Crippen molar-refractivity contribution >= 4 is 137 Å². The van der Waals surface area contributed by atoms with E-state index < -0.39 is 16.1 Å². The lowest BCUT2D eigenvalue weighted by molar-refractivity contribution is 1.16. The number of benzene rings is 15. The van der Waals surface area contributed by atoms with E-state index in [9.17, 15) is 0 Å². The summed E-state index contributed by atoms with van der Waals surface area (Å²) in [6, 6.07) is 146. The normalized spacial score (nSPS) is 12.5. The highest BCUT2D eigenvalue weighted by Gasteiger charge is 2.46. The first kappa shape index (κ1) is 56.9. The van der Waals surface area contributed by atoms with E-state index in [1.165, 1.54) is 96.5 Å². The summed E-state index contributed by atoms with van der Waals surface area (Å²) in [5, 5.41) is 13.2. The smallest absolute Gasteiger partial charge is 0.252 e. The first-order valence-corrected chi connectivity index (χ1v) is 37.3. The molecule has 2 aliphatic heterocycles. The number of fused-ring (bicyclic) bond motifs is 7. The van der Waals surface area contributed by atoms with E-state index in [1.807, 2.05) is 0 Å². The van der Waals surface area contributed by atoms with Crippen molar-refractivity contribution < 1.29 is 0 Å². The molecule has 0 radical (unpaired) electrons. The standard InChI is InChI=1S/C90H64BN3Si2/c1-8-34-69(35-9-1)92-86-56-27-24-53-82(86)91-83-58-57-68(67-33-30-50-79(61-67)96(75-43-16-5-17-44-75,76-45-18-6-19-46-76)77-47-20-7-21-48-77)62-87(83)93(89-64-71(63-88(92)90(89)91)94-84-54-25-22-51-80(84)81-52-23-26-55-85(81)94)70-36-28-31-65(59-70)66-32-29-49-78(60-66)95(72-37-10-2-11-38-72,73-39-12-3-13-40-73)74-41-14-4-15-42-74/h1-64H. The van der Waals surface area contributed by atoms with Crippen molar-refractivity contribution in [3.8, 4) is 27.9 Å². The lowest BCUT2D eigenvalue weighted by Gasteiger charge is -2.44. The fourth-order valence-electron chi connectivity index (χ4n) is 16.4. The van der Waals surface area contributed by atoms with Crippen molar-refractivity contribution in [3.63, 3.8) is 0 Å². The van der Waals surface area contributed by atoms with Crippen LogP contribution in [0.4, 0.5) is 34.1 Å². The summed E-state index contributed by atoms with van der Waals surface area (Å²) in [5.41, 5.74) is 18.7. The van der Waals surface area contributed by atoms with Gasteiger partial charge in [-0.1, -0.05) is 328 Å². The molecule has 96 heavy (non-hydrogen) atoms. The molecule has 450 valence electrons. The molecule has 15 aromatic carbocycles. The second-order valence-corrected chi connectivity index (χ2v) is 33.1. The van der Waals surface area contributed by atoms with Crippen molar-refractivity contribution in [3.05, 3.63) is 388 Å². The van der Waals surface area contributed by atoms with E-state index in [2.05, 4.69) is 403 Å². The van der Waals surface area contributed by atoms with Gasteiger partial charge in [0.25, 0.3) is 6.71 Å². The Morgan fingerprint density at radius 2 is 0.552 bits per heavy atom. The Labute approximate surface area is 563 Å². The molecule has 18 rings (SSSR count). The topological polar surface area (TPSA) is 11.4 Å². The highest BCUT2D eigenvalue weighted by atomic mass is 28.3. The predicted octanol–water partition coefficient (Wildman–Crippen LogP) is 15.0. The molecule has 0 fully saturated rings. The van der Waals surface area contributed by atoms with Crippen LogP contribution in [0.5, 0.6) is 0 Å². The summed E-state index contributed by atoms with van der Waals surface area (Å²) in [6.45, 7) is -0.105. The third-order valence-corrected chi connectivity index (χ3v) is 30.0. The summed E-state index contributed by atoms with van der Waals surface area (Å²) in [7, 11) is -5.78. The van der Waals surface area contributed by atoms with Crippen LogP contribution in [0.2, 0.25) is 0 Å². The Morgan fingerprint density at radius 1 is 0.208 bits per heavy atom. The lowest BCUT2D eigenvalue weighted by Crippen LogP contribution is -2.74. The maximum absolute atomic E-state index is 2.90. The molecular weight excluding hydrogens is 1190 g/mol. The van der Waals surface area contributed by atoms with Crippen LogP contribution in [-0.2, 0) is 0 Å². The molecular formula is C90H64BN3Si2. The van der Waals surface area contributed by atoms with Gasteiger partial charge in [-0.25, -0.2) is 0 Å². The average Bonchev–Trinajstić information content (AvgIpc) is 0.768. The predicted molar refractivity (Wildman–Crippen MR) is 413 cm³/mol. The van der Waals surface area contributed by atoms with Gasteiger partial charge in [-0.05, 0) is 141 Å². The average molecular weight is 1250 g/mol. The van der Waals surface area contributed by atoms with E-state index in [-0.39, 0.29) is 6.71 Å². The van der Waals surface area contributed by atoms with Crippen LogP contribution in [0, 0.1) is 0 Å². The number of nitrogens with zero attached hydrogens (tertiary/aromatic N) is 3. The molecule has 16 aromatic rings. The molecule has 6 heteroatoms. The van der Waals surface area contributed by atoms with E-state index >= 15 is 0 Å². The molecule has 0 spiro atoms. The van der Waals surface area contributed by atoms with Gasteiger partial charge in [0.1, 0.15) is 0 Å². The van der Waals surface area contributed by atoms with Gasteiger partial charge < -0.3 is 14.4 Å². The number of aromatic nitrogens is 1. The zero-order chi connectivity index (χ0) is 63.6. The highest BCUT2D eigenvalue weighted by Crippen LogP contribution is 2.47. The van der Waals surface area contributed by atoms with Crippen molar-refractivity contribution in [2.75, 3.05) is 9.80 Å². The lowest BCUT2D eigenvalue weighted by atomic mass is 9.33. The van der Waals surface area contributed by atoms with Crippen LogP contribution in [-0.4, -0.2) is 27.4 Å². The number of rotatable bonds is 13. The molecule has 0 bridgehead atoms. The van der Waals surface area contributed by atoms with Crippen LogP contribution >= 0.6 is 0 Å². The first-order chi connectivity index (χ1) is 47.6. The molecule has 0 amide bonds. The summed E-state index contributed by atoms with van der Waals surface area (Å²) >= 11 is 0. The van der Waals surface area contributed by atoms with Gasteiger partial charge in [0, 0.05) is 44.9 Å². The van der Waals surface area contributed by atoms with Crippen LogP contribution in [0.15, 0.2) is 388 Å². The minimum atomic E-state index is -2.90. The zero-order valence-electron chi connectivity index (χ0n) is 52.9. The van der Waals surface area contributed by atoms with E-state index in [0.29, 0.717) is 0 Å². The maximum atomic E-state index is 2.62. The molecule has 1 aromatic heterocycles. The second-order valence-electron chi connectivity index (χ2n) is 25.4. The first-order valence-electron chi connectivity index (χ1n) is 33.3. The Morgan fingerprint density at radius 3 is 1.02 bits per heavy atom. The molecule has 0 atom stereocenters. The third kappa shape index (κ3) is 9.09. The van der Waals surface area contributed by atoms with Crippen molar-refractivity contribution in [1.29, 1.82) is 0 Å². The Kier molecular flexibility index (Phi) is 14.0. The zero-order valence-corrected chi connectivity index (χ0v) is 54.9. The summed E-state index contributed by atoms with van der Waals surface area (Å²) in [5.74, 6) is 0. The number of para-hydroxylation sites is 4. The number of hydrogen-bond acceptors (Lipinski definition) is 2. The largest absolute Gasteiger partial charge is 0.311 e. The summed E-state index contributed by atoms with van der Waals surface area (Å²) in [4.78, 5) is 5.14. The Bertz CT molecular complexity index is 5310. The number of hydrogen-bond donors (Lipinski definition) is 0. The summed E-state index contributed by atoms with van der Waals surface area (Å²) < 4.78 is 2.50. The molecule has 0 unspecified atom stereocenters. The highest BCUT2D eigenvalue weighted by molar-refractivity contribution is 7.20. The molecule has 3 heterocycles. The van der Waals surface area contributed by atoms with E-state index in [4.69, 9.17) is 0 Å². The van der Waals surface area contributed by atoms with Gasteiger partial charge in [0.05, 0.1) is 16.7 Å². The SMILES string of the molecule is c1ccc(N2c3ccccc3B3c4ccc(-c5cccc([Si](c6ccccc6)(c6ccccc6)c6ccccc6)c5)cc4N(c4cccc(-c5cccc([Si](c6ccccc6)(c6ccccc6)c6ccccc6)c5)c4)c4cc(-n5c6ccccc6c6ccccc65)cc2c43)cc1.